The van der Waals surface area contributed by atoms with Gasteiger partial charge in [0.15, 0.2) is 0 Å². The minimum Gasteiger partial charge on any atom is -0.481 e. The summed E-state index contributed by atoms with van der Waals surface area (Å²) in [6.45, 7) is 1.31. The van der Waals surface area contributed by atoms with Crippen molar-refractivity contribution in [2.75, 3.05) is 0 Å². The number of carboxylic acid groups (broad SMARTS) is 1. The van der Waals surface area contributed by atoms with Crippen molar-refractivity contribution in [2.24, 2.45) is 0 Å². The zero-order valence-corrected chi connectivity index (χ0v) is 10.5. The maximum atomic E-state index is 11.0. The normalized spacial score (nSPS) is 11.9. The minimum atomic E-state index is -1.03. The first-order valence-corrected chi connectivity index (χ1v) is 5.60. The van der Waals surface area contributed by atoms with E-state index in [4.69, 9.17) is 28.3 Å². The van der Waals surface area contributed by atoms with E-state index in [1.807, 2.05) is 0 Å². The van der Waals surface area contributed by atoms with Crippen LogP contribution in [0.1, 0.15) is 24.9 Å². The third-order valence-corrected chi connectivity index (χ3v) is 2.95. The summed E-state index contributed by atoms with van der Waals surface area (Å²) in [5.74, 6) is -1.35. The first-order chi connectivity index (χ1) is 7.91. The standard InChI is InChI=1S/C11H11Cl2NO3/c1-6(15)14-9(5-10(16)17)7-3-2-4-8(12)11(7)13/h2-4,9H,5H2,1H3,(H,14,15)(H,16,17)/t9-/m0/s1. The van der Waals surface area contributed by atoms with E-state index in [1.165, 1.54) is 6.92 Å². The van der Waals surface area contributed by atoms with E-state index >= 15 is 0 Å². The van der Waals surface area contributed by atoms with Crippen LogP contribution >= 0.6 is 23.2 Å². The van der Waals surface area contributed by atoms with Crippen molar-refractivity contribution in [3.8, 4) is 0 Å². The van der Waals surface area contributed by atoms with Crippen molar-refractivity contribution < 1.29 is 14.7 Å². The van der Waals surface area contributed by atoms with E-state index in [2.05, 4.69) is 5.32 Å². The quantitative estimate of drug-likeness (QED) is 0.888. The van der Waals surface area contributed by atoms with Gasteiger partial charge in [-0.05, 0) is 11.6 Å². The van der Waals surface area contributed by atoms with Crippen LogP contribution in [0.5, 0.6) is 0 Å². The Morgan fingerprint density at radius 1 is 1.41 bits per heavy atom. The lowest BCUT2D eigenvalue weighted by Gasteiger charge is -2.18. The van der Waals surface area contributed by atoms with Crippen LogP contribution in [0.2, 0.25) is 10.0 Å². The Kier molecular flexibility index (Phi) is 4.78. The third kappa shape index (κ3) is 3.91. The average molecular weight is 276 g/mol. The largest absolute Gasteiger partial charge is 0.481 e. The second-order valence-electron chi connectivity index (χ2n) is 3.49. The van der Waals surface area contributed by atoms with Crippen molar-refractivity contribution in [3.63, 3.8) is 0 Å². The lowest BCUT2D eigenvalue weighted by atomic mass is 10.0. The zero-order valence-electron chi connectivity index (χ0n) is 9.04. The van der Waals surface area contributed by atoms with Gasteiger partial charge in [-0.15, -0.1) is 0 Å². The highest BCUT2D eigenvalue weighted by Crippen LogP contribution is 2.31. The lowest BCUT2D eigenvalue weighted by molar-refractivity contribution is -0.137. The maximum Gasteiger partial charge on any atom is 0.305 e. The average Bonchev–Trinajstić information content (AvgIpc) is 2.19. The number of halogens is 2. The van der Waals surface area contributed by atoms with E-state index in [9.17, 15) is 9.59 Å². The van der Waals surface area contributed by atoms with Crippen LogP contribution in [-0.4, -0.2) is 17.0 Å². The fourth-order valence-electron chi connectivity index (χ4n) is 1.45. The highest BCUT2D eigenvalue weighted by Gasteiger charge is 2.20. The van der Waals surface area contributed by atoms with Crippen LogP contribution in [0.4, 0.5) is 0 Å². The predicted octanol–water partition coefficient (Wildman–Crippen LogP) is 2.65. The second kappa shape index (κ2) is 5.89. The van der Waals surface area contributed by atoms with Crippen LogP contribution < -0.4 is 5.32 Å². The molecule has 1 atom stereocenters. The Balaban J connectivity index is 3.07. The Morgan fingerprint density at radius 2 is 2.06 bits per heavy atom. The summed E-state index contributed by atoms with van der Waals surface area (Å²) in [5, 5.41) is 11.9. The summed E-state index contributed by atoms with van der Waals surface area (Å²) in [7, 11) is 0. The fourth-order valence-corrected chi connectivity index (χ4v) is 1.89. The molecule has 1 amide bonds. The highest BCUT2D eigenvalue weighted by molar-refractivity contribution is 6.42. The predicted molar refractivity (Wildman–Crippen MR) is 65.3 cm³/mol. The number of carboxylic acids is 1. The molecule has 0 spiro atoms. The summed E-state index contributed by atoms with van der Waals surface area (Å²) >= 11 is 11.8. The van der Waals surface area contributed by atoms with Crippen molar-refractivity contribution in [1.82, 2.24) is 5.32 Å². The van der Waals surface area contributed by atoms with E-state index < -0.39 is 12.0 Å². The molecule has 0 aliphatic carbocycles. The van der Waals surface area contributed by atoms with E-state index in [1.54, 1.807) is 18.2 Å². The number of rotatable bonds is 4. The Morgan fingerprint density at radius 3 is 2.59 bits per heavy atom. The Labute approximate surface area is 109 Å². The number of carbonyl (C=O) groups excluding carboxylic acids is 1. The molecule has 0 aliphatic rings. The molecule has 0 radical (unpaired) electrons. The highest BCUT2D eigenvalue weighted by atomic mass is 35.5. The molecule has 1 rings (SSSR count). The van der Waals surface area contributed by atoms with Crippen LogP contribution in [0.25, 0.3) is 0 Å². The van der Waals surface area contributed by atoms with E-state index in [0.29, 0.717) is 10.6 Å². The van der Waals surface area contributed by atoms with Crippen LogP contribution in [0.15, 0.2) is 18.2 Å². The lowest BCUT2D eigenvalue weighted by Crippen LogP contribution is -2.28. The number of hydrogen-bond donors (Lipinski definition) is 2. The monoisotopic (exact) mass is 275 g/mol. The van der Waals surface area contributed by atoms with Gasteiger partial charge in [0, 0.05) is 6.92 Å². The molecule has 17 heavy (non-hydrogen) atoms. The van der Waals surface area contributed by atoms with Gasteiger partial charge in [-0.3, -0.25) is 9.59 Å². The number of aliphatic carboxylic acids is 1. The summed E-state index contributed by atoms with van der Waals surface area (Å²) in [4.78, 5) is 21.8. The molecule has 0 unspecified atom stereocenters. The van der Waals surface area contributed by atoms with Gasteiger partial charge in [0.05, 0.1) is 22.5 Å². The molecular weight excluding hydrogens is 265 g/mol. The topological polar surface area (TPSA) is 66.4 Å². The molecule has 0 aliphatic heterocycles. The van der Waals surface area contributed by atoms with Crippen molar-refractivity contribution in [3.05, 3.63) is 33.8 Å². The molecule has 4 nitrogen and oxygen atoms in total. The Bertz CT molecular complexity index is 432. The van der Waals surface area contributed by atoms with Gasteiger partial charge < -0.3 is 10.4 Å². The second-order valence-corrected chi connectivity index (χ2v) is 4.28. The SMILES string of the molecule is CC(=O)N[C@@H](CC(=O)O)c1cccc(Cl)c1Cl. The summed E-state index contributed by atoms with van der Waals surface area (Å²) < 4.78 is 0. The molecular formula is C11H11Cl2NO3. The van der Waals surface area contributed by atoms with Gasteiger partial charge in [-0.25, -0.2) is 0 Å². The molecule has 0 aromatic heterocycles. The molecule has 0 saturated carbocycles. The molecule has 6 heteroatoms. The van der Waals surface area contributed by atoms with Crippen LogP contribution in [0.3, 0.4) is 0 Å². The van der Waals surface area contributed by atoms with Crippen LogP contribution in [0, 0.1) is 0 Å². The zero-order chi connectivity index (χ0) is 13.0. The summed E-state index contributed by atoms with van der Waals surface area (Å²) in [6.07, 6.45) is -0.250. The van der Waals surface area contributed by atoms with Crippen molar-refractivity contribution in [1.29, 1.82) is 0 Å². The number of amides is 1. The molecule has 0 saturated heterocycles. The van der Waals surface area contributed by atoms with Crippen molar-refractivity contribution >= 4 is 35.1 Å². The third-order valence-electron chi connectivity index (χ3n) is 2.11. The summed E-state index contributed by atoms with van der Waals surface area (Å²) in [6, 6.07) is 4.20. The maximum absolute atomic E-state index is 11.0. The fraction of sp³-hybridized carbons (Fsp3) is 0.273. The first-order valence-electron chi connectivity index (χ1n) is 4.84. The van der Waals surface area contributed by atoms with Gasteiger partial charge in [-0.2, -0.15) is 0 Å². The van der Waals surface area contributed by atoms with E-state index in [0.717, 1.165) is 0 Å². The first kappa shape index (κ1) is 13.8. The molecule has 0 bridgehead atoms. The smallest absolute Gasteiger partial charge is 0.305 e. The number of hydrogen-bond acceptors (Lipinski definition) is 2. The molecule has 2 N–H and O–H groups in total. The van der Waals surface area contributed by atoms with Gasteiger partial charge in [0.25, 0.3) is 0 Å². The van der Waals surface area contributed by atoms with Gasteiger partial charge in [-0.1, -0.05) is 35.3 Å². The molecule has 1 aromatic carbocycles. The van der Waals surface area contributed by atoms with Gasteiger partial charge >= 0.3 is 5.97 Å². The number of benzene rings is 1. The van der Waals surface area contributed by atoms with Gasteiger partial charge in [0.2, 0.25) is 5.91 Å². The minimum absolute atomic E-state index is 0.250. The summed E-state index contributed by atoms with van der Waals surface area (Å²) in [5.41, 5.74) is 0.497. The number of carbonyl (C=O) groups is 2. The number of nitrogens with one attached hydrogen (secondary N) is 1. The molecule has 0 fully saturated rings. The van der Waals surface area contributed by atoms with Crippen molar-refractivity contribution in [2.45, 2.75) is 19.4 Å². The molecule has 92 valence electrons. The Hall–Kier alpha value is -1.26. The van der Waals surface area contributed by atoms with Crippen LogP contribution in [-0.2, 0) is 9.59 Å². The molecule has 1 aromatic rings. The van der Waals surface area contributed by atoms with E-state index in [-0.39, 0.29) is 17.4 Å². The van der Waals surface area contributed by atoms with Gasteiger partial charge in [0.1, 0.15) is 0 Å². The molecule has 0 heterocycles.